The molecule has 28 heavy (non-hydrogen) atoms. The van der Waals surface area contributed by atoms with Crippen molar-refractivity contribution in [1.29, 1.82) is 0 Å². The second-order valence-corrected chi connectivity index (χ2v) is 8.22. The molecule has 2 aromatic rings. The second kappa shape index (κ2) is 7.28. The summed E-state index contributed by atoms with van der Waals surface area (Å²) in [6, 6.07) is 5.10. The van der Waals surface area contributed by atoms with Gasteiger partial charge in [0.25, 0.3) is 11.8 Å². The van der Waals surface area contributed by atoms with Gasteiger partial charge >= 0.3 is 0 Å². The van der Waals surface area contributed by atoms with Gasteiger partial charge in [0.15, 0.2) is 0 Å². The first-order valence-electron chi connectivity index (χ1n) is 8.31. The van der Waals surface area contributed by atoms with E-state index in [1.165, 1.54) is 18.2 Å². The van der Waals surface area contributed by atoms with E-state index in [1.54, 1.807) is 6.92 Å². The number of primary amides is 1. The molecule has 0 radical (unpaired) electrons. The summed E-state index contributed by atoms with van der Waals surface area (Å²) >= 11 is 0. The van der Waals surface area contributed by atoms with E-state index >= 15 is 0 Å². The standard InChI is InChI=1S/C18H17F2N3O4S/c1-9-2-5-11(28(26,27)23-10-3-4-10)6-12(9)18(25)22-16-7-13(17(21)24)14(19)8-15(16)20/h2,5-8,10,23H,3-4H2,1H3,(H2,21,24)(H,22,25). The van der Waals surface area contributed by atoms with E-state index < -0.39 is 44.7 Å². The fourth-order valence-corrected chi connectivity index (χ4v) is 3.86. The fraction of sp³-hybridized carbons (Fsp3) is 0.222. The molecular formula is C18H17F2N3O4S. The minimum atomic E-state index is -3.79. The van der Waals surface area contributed by atoms with Crippen molar-refractivity contribution in [3.8, 4) is 0 Å². The van der Waals surface area contributed by atoms with Crippen molar-refractivity contribution < 1.29 is 26.8 Å². The lowest BCUT2D eigenvalue weighted by Crippen LogP contribution is -2.26. The number of aryl methyl sites for hydroxylation is 1. The third kappa shape index (κ3) is 4.18. The van der Waals surface area contributed by atoms with Gasteiger partial charge in [-0.05, 0) is 43.5 Å². The molecule has 1 saturated carbocycles. The van der Waals surface area contributed by atoms with E-state index in [0.717, 1.165) is 18.9 Å². The largest absolute Gasteiger partial charge is 0.366 e. The summed E-state index contributed by atoms with van der Waals surface area (Å²) in [5, 5.41) is 2.22. The summed E-state index contributed by atoms with van der Waals surface area (Å²) in [6.45, 7) is 1.58. The van der Waals surface area contributed by atoms with Gasteiger partial charge in [0, 0.05) is 17.7 Å². The topological polar surface area (TPSA) is 118 Å². The van der Waals surface area contributed by atoms with Gasteiger partial charge in [-0.3, -0.25) is 9.59 Å². The zero-order valence-corrected chi connectivity index (χ0v) is 15.6. The van der Waals surface area contributed by atoms with Crippen molar-refractivity contribution in [3.05, 3.63) is 58.7 Å². The lowest BCUT2D eigenvalue weighted by Gasteiger charge is -2.12. The summed E-state index contributed by atoms with van der Waals surface area (Å²) < 4.78 is 54.7. The predicted molar refractivity (Wildman–Crippen MR) is 97.4 cm³/mol. The highest BCUT2D eigenvalue weighted by molar-refractivity contribution is 7.89. The van der Waals surface area contributed by atoms with E-state index in [4.69, 9.17) is 5.73 Å². The Balaban J connectivity index is 1.92. The zero-order valence-electron chi connectivity index (χ0n) is 14.8. The summed E-state index contributed by atoms with van der Waals surface area (Å²) in [7, 11) is -3.79. The number of carbonyl (C=O) groups excluding carboxylic acids is 2. The third-order valence-electron chi connectivity index (χ3n) is 4.23. The molecule has 0 unspecified atom stereocenters. The van der Waals surface area contributed by atoms with Gasteiger partial charge in [0.1, 0.15) is 11.6 Å². The van der Waals surface area contributed by atoms with Gasteiger partial charge in [-0.15, -0.1) is 0 Å². The van der Waals surface area contributed by atoms with Crippen LogP contribution in [0.15, 0.2) is 35.2 Å². The van der Waals surface area contributed by atoms with Crippen LogP contribution in [0.1, 0.15) is 39.1 Å². The Morgan fingerprint density at radius 2 is 1.75 bits per heavy atom. The minimum absolute atomic E-state index is 0.0111. The smallest absolute Gasteiger partial charge is 0.256 e. The van der Waals surface area contributed by atoms with Crippen LogP contribution in [0.4, 0.5) is 14.5 Å². The maximum atomic E-state index is 14.0. The van der Waals surface area contributed by atoms with Crippen LogP contribution in [-0.2, 0) is 10.0 Å². The van der Waals surface area contributed by atoms with Crippen LogP contribution in [0.5, 0.6) is 0 Å². The molecule has 10 heteroatoms. The van der Waals surface area contributed by atoms with Gasteiger partial charge in [-0.25, -0.2) is 21.9 Å². The van der Waals surface area contributed by atoms with Crippen LogP contribution in [0.2, 0.25) is 0 Å². The first-order chi connectivity index (χ1) is 13.1. The zero-order chi connectivity index (χ0) is 20.6. The highest BCUT2D eigenvalue weighted by Gasteiger charge is 2.28. The molecule has 0 heterocycles. The maximum absolute atomic E-state index is 14.0. The maximum Gasteiger partial charge on any atom is 0.256 e. The van der Waals surface area contributed by atoms with Crippen molar-refractivity contribution >= 4 is 27.5 Å². The fourth-order valence-electron chi connectivity index (χ4n) is 2.52. The van der Waals surface area contributed by atoms with E-state index in [1.807, 2.05) is 0 Å². The number of hydrogen-bond donors (Lipinski definition) is 3. The van der Waals surface area contributed by atoms with Crippen molar-refractivity contribution in [1.82, 2.24) is 4.72 Å². The van der Waals surface area contributed by atoms with Crippen molar-refractivity contribution in [2.75, 3.05) is 5.32 Å². The molecule has 148 valence electrons. The summed E-state index contributed by atoms with van der Waals surface area (Å²) in [6.07, 6.45) is 1.51. The Morgan fingerprint density at radius 3 is 2.36 bits per heavy atom. The van der Waals surface area contributed by atoms with Crippen LogP contribution >= 0.6 is 0 Å². The molecule has 2 amide bonds. The molecule has 1 aliphatic rings. The number of rotatable bonds is 6. The number of amides is 2. The highest BCUT2D eigenvalue weighted by atomic mass is 32.2. The average molecular weight is 409 g/mol. The second-order valence-electron chi connectivity index (χ2n) is 6.50. The van der Waals surface area contributed by atoms with Gasteiger partial charge in [-0.1, -0.05) is 6.07 Å². The number of nitrogens with two attached hydrogens (primary N) is 1. The molecule has 2 aromatic carbocycles. The summed E-state index contributed by atoms with van der Waals surface area (Å²) in [5.74, 6) is -4.20. The van der Waals surface area contributed by atoms with E-state index in [2.05, 4.69) is 10.0 Å². The SMILES string of the molecule is Cc1ccc(S(=O)(=O)NC2CC2)cc1C(=O)Nc1cc(C(N)=O)c(F)cc1F. The van der Waals surface area contributed by atoms with E-state index in [9.17, 15) is 26.8 Å². The first-order valence-corrected chi connectivity index (χ1v) is 9.80. The summed E-state index contributed by atoms with van der Waals surface area (Å²) in [4.78, 5) is 23.7. The van der Waals surface area contributed by atoms with Gasteiger partial charge < -0.3 is 11.1 Å². The van der Waals surface area contributed by atoms with Crippen LogP contribution in [0, 0.1) is 18.6 Å². The Bertz CT molecular complexity index is 1080. The molecule has 1 aliphatic carbocycles. The monoisotopic (exact) mass is 409 g/mol. The number of anilines is 1. The lowest BCUT2D eigenvalue weighted by atomic mass is 10.1. The Kier molecular flexibility index (Phi) is 5.18. The number of sulfonamides is 1. The molecule has 7 nitrogen and oxygen atoms in total. The lowest BCUT2D eigenvalue weighted by molar-refractivity contribution is 0.0992. The number of hydrogen-bond acceptors (Lipinski definition) is 4. The quantitative estimate of drug-likeness (QED) is 0.677. The third-order valence-corrected chi connectivity index (χ3v) is 5.75. The van der Waals surface area contributed by atoms with Crippen LogP contribution in [-0.4, -0.2) is 26.3 Å². The summed E-state index contributed by atoms with van der Waals surface area (Å²) in [5.41, 5.74) is 4.42. The molecule has 4 N–H and O–H groups in total. The Morgan fingerprint density at radius 1 is 1.07 bits per heavy atom. The van der Waals surface area contributed by atoms with E-state index in [-0.39, 0.29) is 16.5 Å². The van der Waals surface area contributed by atoms with Crippen molar-refractivity contribution in [2.24, 2.45) is 5.73 Å². The van der Waals surface area contributed by atoms with Crippen molar-refractivity contribution in [3.63, 3.8) is 0 Å². The van der Waals surface area contributed by atoms with Crippen LogP contribution in [0.25, 0.3) is 0 Å². The highest BCUT2D eigenvalue weighted by Crippen LogP contribution is 2.24. The Hall–Kier alpha value is -2.85. The predicted octanol–water partition coefficient (Wildman–Crippen LogP) is 2.07. The molecule has 0 aromatic heterocycles. The van der Waals surface area contributed by atoms with Crippen LogP contribution in [0.3, 0.4) is 0 Å². The molecule has 3 rings (SSSR count). The molecule has 0 aliphatic heterocycles. The van der Waals surface area contributed by atoms with Crippen molar-refractivity contribution in [2.45, 2.75) is 30.7 Å². The minimum Gasteiger partial charge on any atom is -0.366 e. The number of benzene rings is 2. The van der Waals surface area contributed by atoms with Gasteiger partial charge in [0.05, 0.1) is 16.1 Å². The molecule has 0 bridgehead atoms. The Labute approximate surface area is 160 Å². The molecular weight excluding hydrogens is 392 g/mol. The van der Waals surface area contributed by atoms with Gasteiger partial charge in [0.2, 0.25) is 10.0 Å². The van der Waals surface area contributed by atoms with Gasteiger partial charge in [-0.2, -0.15) is 0 Å². The number of nitrogens with one attached hydrogen (secondary N) is 2. The molecule has 0 saturated heterocycles. The molecule has 1 fully saturated rings. The average Bonchev–Trinajstić information content (AvgIpc) is 3.40. The number of halogens is 2. The van der Waals surface area contributed by atoms with Crippen LogP contribution < -0.4 is 15.8 Å². The molecule has 0 spiro atoms. The normalized spacial score (nSPS) is 14.0. The number of carbonyl (C=O) groups is 2. The van der Waals surface area contributed by atoms with E-state index in [0.29, 0.717) is 11.6 Å². The first kappa shape index (κ1) is 19.9. The molecule has 0 atom stereocenters.